The second-order valence-corrected chi connectivity index (χ2v) is 7.45. The van der Waals surface area contributed by atoms with Crippen molar-refractivity contribution in [3.63, 3.8) is 0 Å². The molecule has 0 aromatic heterocycles. The quantitative estimate of drug-likeness (QED) is 0.153. The average Bonchev–Trinajstić information content (AvgIpc) is 2.78. The Bertz CT molecular complexity index is 1230. The van der Waals surface area contributed by atoms with Crippen molar-refractivity contribution in [2.24, 2.45) is 0 Å². The number of hydrogen-bond donors (Lipinski definition) is 2. The number of para-hydroxylation sites is 1. The van der Waals surface area contributed by atoms with Gasteiger partial charge in [-0.15, -0.1) is 0 Å². The topological polar surface area (TPSA) is 125 Å². The Labute approximate surface area is 191 Å². The maximum Gasteiger partial charge on any atom is 0.273 e. The molecule has 2 N–H and O–H groups in total. The van der Waals surface area contributed by atoms with E-state index < -0.39 is 16.6 Å². The number of non-ortho nitro benzene ring substituents is 1. The van der Waals surface area contributed by atoms with Crippen LogP contribution in [-0.4, -0.2) is 15.9 Å². The zero-order valence-corrected chi connectivity index (χ0v) is 18.1. The number of aromatic hydroxyl groups is 1. The number of phenols is 1. The van der Waals surface area contributed by atoms with Gasteiger partial charge in [-0.05, 0) is 35.9 Å². The first-order valence-corrected chi connectivity index (χ1v) is 10.0. The summed E-state index contributed by atoms with van der Waals surface area (Å²) in [5.74, 6) is -0.781. The summed E-state index contributed by atoms with van der Waals surface area (Å²) in [6, 6.07) is 19.6. The number of amides is 1. The normalized spacial score (nSPS) is 10.8. The maximum atomic E-state index is 12.5. The zero-order valence-electron chi connectivity index (χ0n) is 16.5. The van der Waals surface area contributed by atoms with E-state index in [9.17, 15) is 25.3 Å². The highest BCUT2D eigenvalue weighted by atomic mass is 79.9. The zero-order chi connectivity index (χ0) is 23.1. The molecule has 3 aromatic carbocycles. The summed E-state index contributed by atoms with van der Waals surface area (Å²) >= 11 is 3.38. The van der Waals surface area contributed by atoms with Gasteiger partial charge in [0.15, 0.2) is 0 Å². The minimum atomic E-state index is -0.778. The number of rotatable bonds is 7. The van der Waals surface area contributed by atoms with Gasteiger partial charge >= 0.3 is 0 Å². The number of phenolic OH excluding ortho intramolecular Hbond substituents is 1. The van der Waals surface area contributed by atoms with E-state index in [1.54, 1.807) is 24.3 Å². The van der Waals surface area contributed by atoms with Crippen LogP contribution in [0, 0.1) is 21.4 Å². The average molecular weight is 494 g/mol. The molecule has 1 amide bonds. The molecule has 8 nitrogen and oxygen atoms in total. The summed E-state index contributed by atoms with van der Waals surface area (Å²) in [7, 11) is 0. The highest BCUT2D eigenvalue weighted by molar-refractivity contribution is 9.10. The molecule has 160 valence electrons. The number of nitrogens with zero attached hydrogens (tertiary/aromatic N) is 2. The number of carbonyl (C=O) groups is 1. The third-order valence-corrected chi connectivity index (χ3v) is 4.86. The number of ether oxygens (including phenoxy) is 1. The SMILES string of the molecule is N#CC(=Cc1ccccc1OCc1ccc(Br)cc1)C(=O)Nc1ccc([N+](=O)[O-])cc1O. The predicted octanol–water partition coefficient (Wildman–Crippen LogP) is 5.19. The van der Waals surface area contributed by atoms with Crippen LogP contribution in [0.5, 0.6) is 11.5 Å². The van der Waals surface area contributed by atoms with E-state index in [1.165, 1.54) is 12.1 Å². The monoisotopic (exact) mass is 493 g/mol. The molecule has 0 spiro atoms. The lowest BCUT2D eigenvalue weighted by atomic mass is 10.1. The van der Waals surface area contributed by atoms with Crippen LogP contribution in [0.25, 0.3) is 6.08 Å². The first-order chi connectivity index (χ1) is 15.4. The lowest BCUT2D eigenvalue weighted by Crippen LogP contribution is -2.13. The van der Waals surface area contributed by atoms with E-state index in [-0.39, 0.29) is 16.9 Å². The third-order valence-electron chi connectivity index (χ3n) is 4.33. The number of hydrogen-bond acceptors (Lipinski definition) is 6. The molecule has 3 rings (SSSR count). The van der Waals surface area contributed by atoms with Crippen LogP contribution in [0.1, 0.15) is 11.1 Å². The van der Waals surface area contributed by atoms with Crippen molar-refractivity contribution in [3.8, 4) is 17.6 Å². The Hall–Kier alpha value is -4.16. The smallest absolute Gasteiger partial charge is 0.273 e. The number of carbonyl (C=O) groups excluding carboxylic acids is 1. The van der Waals surface area contributed by atoms with Crippen LogP contribution in [0.4, 0.5) is 11.4 Å². The van der Waals surface area contributed by atoms with Gasteiger partial charge in [0, 0.05) is 16.1 Å². The highest BCUT2D eigenvalue weighted by Gasteiger charge is 2.15. The van der Waals surface area contributed by atoms with E-state index >= 15 is 0 Å². The maximum absolute atomic E-state index is 12.5. The summed E-state index contributed by atoms with van der Waals surface area (Å²) < 4.78 is 6.81. The van der Waals surface area contributed by atoms with Crippen LogP contribution in [0.3, 0.4) is 0 Å². The van der Waals surface area contributed by atoms with E-state index in [1.807, 2.05) is 30.3 Å². The molecular weight excluding hydrogens is 478 g/mol. The largest absolute Gasteiger partial charge is 0.506 e. The van der Waals surface area contributed by atoms with Gasteiger partial charge in [-0.2, -0.15) is 5.26 Å². The Morgan fingerprint density at radius 2 is 1.91 bits per heavy atom. The second kappa shape index (κ2) is 10.2. The first-order valence-electron chi connectivity index (χ1n) is 9.24. The first kappa shape index (κ1) is 22.5. The molecule has 0 aliphatic rings. The van der Waals surface area contributed by atoms with E-state index in [0.29, 0.717) is 17.9 Å². The van der Waals surface area contributed by atoms with Crippen molar-refractivity contribution in [1.29, 1.82) is 5.26 Å². The van der Waals surface area contributed by atoms with Crippen LogP contribution in [-0.2, 0) is 11.4 Å². The molecular formula is C23H16BrN3O5. The van der Waals surface area contributed by atoms with Crippen molar-refractivity contribution < 1.29 is 19.6 Å². The number of anilines is 1. The number of benzene rings is 3. The standard InChI is InChI=1S/C23H16BrN3O5/c24-18-7-5-15(6-8-18)14-32-22-4-2-1-3-16(22)11-17(13-25)23(29)26-20-10-9-19(27(30)31)12-21(20)28/h1-12,28H,14H2,(H,26,29). The minimum absolute atomic E-state index is 0.0541. The minimum Gasteiger partial charge on any atom is -0.506 e. The summed E-state index contributed by atoms with van der Waals surface area (Å²) in [6.07, 6.45) is 1.37. The van der Waals surface area contributed by atoms with Crippen LogP contribution >= 0.6 is 15.9 Å². The number of nitrogens with one attached hydrogen (secondary N) is 1. The van der Waals surface area contributed by atoms with Crippen LogP contribution in [0.2, 0.25) is 0 Å². The van der Waals surface area contributed by atoms with Crippen LogP contribution < -0.4 is 10.1 Å². The van der Waals surface area contributed by atoms with Gasteiger partial charge in [0.2, 0.25) is 0 Å². The predicted molar refractivity (Wildman–Crippen MR) is 122 cm³/mol. The number of halogens is 1. The summed E-state index contributed by atoms with van der Waals surface area (Å²) in [6.45, 7) is 0.295. The summed E-state index contributed by atoms with van der Waals surface area (Å²) in [4.78, 5) is 22.7. The molecule has 9 heteroatoms. The molecule has 0 aliphatic heterocycles. The number of nitro groups is 1. The van der Waals surface area contributed by atoms with Crippen LogP contribution in [0.15, 0.2) is 76.8 Å². The molecule has 0 unspecified atom stereocenters. The fourth-order valence-corrected chi connectivity index (χ4v) is 2.97. The molecule has 0 saturated carbocycles. The van der Waals surface area contributed by atoms with Gasteiger partial charge in [0.1, 0.15) is 29.7 Å². The molecule has 0 radical (unpaired) electrons. The summed E-state index contributed by atoms with van der Waals surface area (Å²) in [5.41, 5.74) is 0.848. The second-order valence-electron chi connectivity index (χ2n) is 6.54. The Balaban J connectivity index is 1.78. The lowest BCUT2D eigenvalue weighted by molar-refractivity contribution is -0.384. The van der Waals surface area contributed by atoms with Crippen molar-refractivity contribution >= 4 is 39.3 Å². The van der Waals surface area contributed by atoms with Gasteiger partial charge in [-0.1, -0.05) is 46.3 Å². The Kier molecular flexibility index (Phi) is 7.21. The van der Waals surface area contributed by atoms with Gasteiger partial charge in [0.25, 0.3) is 11.6 Å². The Morgan fingerprint density at radius 3 is 2.56 bits per heavy atom. The van der Waals surface area contributed by atoms with Gasteiger partial charge in [0.05, 0.1) is 16.7 Å². The third kappa shape index (κ3) is 5.71. The molecule has 0 atom stereocenters. The fourth-order valence-electron chi connectivity index (χ4n) is 2.71. The van der Waals surface area contributed by atoms with Gasteiger partial charge < -0.3 is 15.2 Å². The lowest BCUT2D eigenvalue weighted by Gasteiger charge is -2.10. The van der Waals surface area contributed by atoms with Crippen molar-refractivity contribution in [1.82, 2.24) is 0 Å². The highest BCUT2D eigenvalue weighted by Crippen LogP contribution is 2.29. The molecule has 32 heavy (non-hydrogen) atoms. The molecule has 3 aromatic rings. The van der Waals surface area contributed by atoms with E-state index in [0.717, 1.165) is 22.2 Å². The van der Waals surface area contributed by atoms with Crippen molar-refractivity contribution in [2.45, 2.75) is 6.61 Å². The van der Waals surface area contributed by atoms with Gasteiger partial charge in [-0.3, -0.25) is 14.9 Å². The number of nitriles is 1. The van der Waals surface area contributed by atoms with Crippen molar-refractivity contribution in [2.75, 3.05) is 5.32 Å². The van der Waals surface area contributed by atoms with Gasteiger partial charge in [-0.25, -0.2) is 0 Å². The molecule has 0 saturated heterocycles. The molecule has 0 heterocycles. The fraction of sp³-hybridized carbons (Fsp3) is 0.0435. The molecule has 0 aliphatic carbocycles. The van der Waals surface area contributed by atoms with Crippen molar-refractivity contribution in [3.05, 3.63) is 98.0 Å². The number of nitro benzene ring substituents is 1. The molecule has 0 fully saturated rings. The Morgan fingerprint density at radius 1 is 1.19 bits per heavy atom. The summed E-state index contributed by atoms with van der Waals surface area (Å²) in [5, 5.41) is 32.6. The van der Waals surface area contributed by atoms with E-state index in [4.69, 9.17) is 4.74 Å². The van der Waals surface area contributed by atoms with E-state index in [2.05, 4.69) is 21.2 Å². The molecule has 0 bridgehead atoms.